The average molecular weight is 299 g/mol. The highest BCUT2D eigenvalue weighted by Crippen LogP contribution is 2.39. The third-order valence-corrected chi connectivity index (χ3v) is 4.33. The molecule has 3 aromatic rings. The first-order chi connectivity index (χ1) is 10.0. The largest absolute Gasteiger partial charge is 0.337 e. The number of carbonyl (C=O) groups excluding carboxylic acids is 1. The predicted molar refractivity (Wildman–Crippen MR) is 81.3 cm³/mol. The van der Waals surface area contributed by atoms with Crippen LogP contribution >= 0.6 is 11.5 Å². The highest BCUT2D eigenvalue weighted by Gasteiger charge is 2.32. The zero-order valence-electron chi connectivity index (χ0n) is 11.6. The lowest BCUT2D eigenvalue weighted by atomic mass is 9.78. The number of benzene rings is 1. The molecule has 1 aromatic carbocycles. The Morgan fingerprint density at radius 2 is 2.19 bits per heavy atom. The molecule has 4 rings (SSSR count). The van der Waals surface area contributed by atoms with Crippen LogP contribution in [0, 0.1) is 0 Å². The summed E-state index contributed by atoms with van der Waals surface area (Å²) in [4.78, 5) is 19.6. The van der Waals surface area contributed by atoms with Crippen LogP contribution in [0.4, 0.5) is 5.69 Å². The fraction of sp³-hybridized carbons (Fsp3) is 0.286. The highest BCUT2D eigenvalue weighted by atomic mass is 32.1. The molecule has 7 heteroatoms. The van der Waals surface area contributed by atoms with Gasteiger partial charge in [-0.1, -0.05) is 18.3 Å². The van der Waals surface area contributed by atoms with Crippen molar-refractivity contribution in [3.8, 4) is 11.5 Å². The lowest BCUT2D eigenvalue weighted by molar-refractivity contribution is -0.117. The van der Waals surface area contributed by atoms with E-state index in [0.717, 1.165) is 28.0 Å². The minimum absolute atomic E-state index is 0.0475. The van der Waals surface area contributed by atoms with Crippen LogP contribution in [-0.4, -0.2) is 25.5 Å². The van der Waals surface area contributed by atoms with E-state index in [4.69, 9.17) is 0 Å². The lowest BCUT2D eigenvalue weighted by Gasteiger charge is -2.31. The smallest absolute Gasteiger partial charge is 0.225 e. The number of rotatable bonds is 1. The first-order valence-corrected chi connectivity index (χ1v) is 7.48. The van der Waals surface area contributed by atoms with E-state index in [0.29, 0.717) is 12.2 Å². The van der Waals surface area contributed by atoms with Gasteiger partial charge in [-0.15, -0.1) is 5.10 Å². The summed E-state index contributed by atoms with van der Waals surface area (Å²) < 4.78 is 3.85. The van der Waals surface area contributed by atoms with Gasteiger partial charge in [0.25, 0.3) is 0 Å². The summed E-state index contributed by atoms with van der Waals surface area (Å²) in [6.07, 6.45) is 0.489. The maximum Gasteiger partial charge on any atom is 0.225 e. The zero-order valence-corrected chi connectivity index (χ0v) is 12.4. The molecule has 0 unspecified atom stereocenters. The Labute approximate surface area is 124 Å². The third kappa shape index (κ3) is 1.92. The van der Waals surface area contributed by atoms with Crippen LogP contribution in [0.1, 0.15) is 25.8 Å². The second-order valence-corrected chi connectivity index (χ2v) is 6.51. The van der Waals surface area contributed by atoms with Gasteiger partial charge in [0.2, 0.25) is 5.91 Å². The van der Waals surface area contributed by atoms with Crippen molar-refractivity contribution in [2.24, 2.45) is 0 Å². The van der Waals surface area contributed by atoms with Crippen molar-refractivity contribution in [3.63, 3.8) is 0 Å². The molecule has 0 atom stereocenters. The van der Waals surface area contributed by atoms with Gasteiger partial charge in [0.15, 0.2) is 5.82 Å². The maximum absolute atomic E-state index is 11.8. The van der Waals surface area contributed by atoms with Crippen LogP contribution in [0.25, 0.3) is 22.6 Å². The molecule has 21 heavy (non-hydrogen) atoms. The molecule has 0 fully saturated rings. The van der Waals surface area contributed by atoms with Crippen LogP contribution in [0.2, 0.25) is 0 Å². The van der Waals surface area contributed by atoms with Gasteiger partial charge >= 0.3 is 0 Å². The Hall–Kier alpha value is -2.28. The number of hydrogen-bond acceptors (Lipinski definition) is 5. The number of fused-ring (bicyclic) bond motifs is 2. The highest BCUT2D eigenvalue weighted by molar-refractivity contribution is 7.03. The Balaban J connectivity index is 1.92. The maximum atomic E-state index is 11.8. The quantitative estimate of drug-likeness (QED) is 0.723. The molecule has 3 heterocycles. The first-order valence-electron chi connectivity index (χ1n) is 6.64. The molecule has 0 bridgehead atoms. The van der Waals surface area contributed by atoms with Crippen molar-refractivity contribution in [2.45, 2.75) is 25.7 Å². The molecule has 2 aromatic heterocycles. The van der Waals surface area contributed by atoms with E-state index in [-0.39, 0.29) is 11.3 Å². The average Bonchev–Trinajstić information content (AvgIpc) is 3.04. The number of H-pyrrole nitrogens is 1. The molecule has 0 aliphatic carbocycles. The van der Waals surface area contributed by atoms with Crippen molar-refractivity contribution in [3.05, 3.63) is 23.1 Å². The number of imidazole rings is 1. The number of aromatic amines is 1. The number of anilines is 1. The third-order valence-electron chi connectivity index (χ3n) is 3.83. The van der Waals surface area contributed by atoms with E-state index in [1.165, 1.54) is 11.5 Å². The molecule has 0 saturated heterocycles. The molecule has 1 amide bonds. The Morgan fingerprint density at radius 3 is 2.95 bits per heavy atom. The molecular weight excluding hydrogens is 286 g/mol. The van der Waals surface area contributed by atoms with Gasteiger partial charge in [-0.05, 0) is 29.2 Å². The molecule has 106 valence electrons. The Kier molecular flexibility index (Phi) is 2.44. The van der Waals surface area contributed by atoms with E-state index in [9.17, 15) is 4.79 Å². The monoisotopic (exact) mass is 299 g/mol. The molecule has 0 saturated carbocycles. The van der Waals surface area contributed by atoms with Gasteiger partial charge in [-0.25, -0.2) is 4.98 Å². The molecule has 2 N–H and O–H groups in total. The van der Waals surface area contributed by atoms with Gasteiger partial charge in [0.1, 0.15) is 5.69 Å². The van der Waals surface area contributed by atoms with Crippen LogP contribution < -0.4 is 5.32 Å². The van der Waals surface area contributed by atoms with Gasteiger partial charge in [0.05, 0.1) is 11.0 Å². The van der Waals surface area contributed by atoms with Crippen LogP contribution in [0.5, 0.6) is 0 Å². The number of hydrogen-bond donors (Lipinski definition) is 2. The van der Waals surface area contributed by atoms with Crippen molar-refractivity contribution in [1.29, 1.82) is 0 Å². The van der Waals surface area contributed by atoms with E-state index in [2.05, 4.69) is 44.8 Å². The van der Waals surface area contributed by atoms with Gasteiger partial charge in [-0.2, -0.15) is 0 Å². The summed E-state index contributed by atoms with van der Waals surface area (Å²) in [5.74, 6) is 0.747. The summed E-state index contributed by atoms with van der Waals surface area (Å²) >= 11 is 1.29. The number of aromatic nitrogens is 4. The molecular formula is C14H13N5OS. The molecule has 1 aliphatic rings. The first kappa shape index (κ1) is 12.5. The standard InChI is InChI=1S/C14H13N5OS/c1-14(2)5-12(20)15-8-4-10-9(3-7(8)14)16-13(17-10)11-6-21-19-18-11/h3-4,6H,5H2,1-2H3,(H,15,20)(H,16,17). The number of nitrogens with zero attached hydrogens (tertiary/aromatic N) is 3. The number of nitrogens with one attached hydrogen (secondary N) is 2. The number of amides is 1. The summed E-state index contributed by atoms with van der Waals surface area (Å²) in [5, 5.41) is 8.81. The van der Waals surface area contributed by atoms with Gasteiger partial charge in [0, 0.05) is 22.9 Å². The normalized spacial score (nSPS) is 16.8. The van der Waals surface area contributed by atoms with Gasteiger partial charge in [-0.3, -0.25) is 4.79 Å². The van der Waals surface area contributed by atoms with Crippen LogP contribution in [0.15, 0.2) is 17.5 Å². The molecule has 0 spiro atoms. The van der Waals surface area contributed by atoms with E-state index >= 15 is 0 Å². The van der Waals surface area contributed by atoms with E-state index in [1.807, 2.05) is 11.4 Å². The second kappa shape index (κ2) is 4.11. The van der Waals surface area contributed by atoms with Crippen molar-refractivity contribution in [2.75, 3.05) is 5.32 Å². The van der Waals surface area contributed by atoms with Crippen LogP contribution in [-0.2, 0) is 10.2 Å². The topological polar surface area (TPSA) is 83.6 Å². The van der Waals surface area contributed by atoms with Crippen molar-refractivity contribution < 1.29 is 4.79 Å². The van der Waals surface area contributed by atoms with Gasteiger partial charge < -0.3 is 10.3 Å². The summed E-state index contributed by atoms with van der Waals surface area (Å²) in [7, 11) is 0. The number of carbonyl (C=O) groups is 1. The fourth-order valence-corrected chi connectivity index (χ4v) is 3.24. The summed E-state index contributed by atoms with van der Waals surface area (Å²) in [6.45, 7) is 4.16. The minimum atomic E-state index is -0.181. The SMILES string of the molecule is CC1(C)CC(=O)Nc2cc3nc(-c4csnn4)[nH]c3cc21. The predicted octanol–water partition coefficient (Wildman–Crippen LogP) is 2.70. The lowest BCUT2D eigenvalue weighted by Crippen LogP contribution is -2.32. The van der Waals surface area contributed by atoms with E-state index in [1.54, 1.807) is 0 Å². The van der Waals surface area contributed by atoms with Crippen molar-refractivity contribution >= 4 is 34.2 Å². The minimum Gasteiger partial charge on any atom is -0.337 e. The molecule has 0 radical (unpaired) electrons. The molecule has 1 aliphatic heterocycles. The Morgan fingerprint density at radius 1 is 1.33 bits per heavy atom. The fourth-order valence-electron chi connectivity index (χ4n) is 2.80. The summed E-state index contributed by atoms with van der Waals surface area (Å²) in [5.41, 5.74) is 4.28. The second-order valence-electron chi connectivity index (χ2n) is 5.90. The van der Waals surface area contributed by atoms with Crippen molar-refractivity contribution in [1.82, 2.24) is 19.6 Å². The van der Waals surface area contributed by atoms with E-state index < -0.39 is 0 Å². The summed E-state index contributed by atoms with van der Waals surface area (Å²) in [6, 6.07) is 3.99. The van der Waals surface area contributed by atoms with Crippen LogP contribution in [0.3, 0.4) is 0 Å². The zero-order chi connectivity index (χ0) is 14.6. The molecule has 6 nitrogen and oxygen atoms in total. The Bertz CT molecular complexity index is 850.